The summed E-state index contributed by atoms with van der Waals surface area (Å²) in [5.74, 6) is -0.246. The fourth-order valence-corrected chi connectivity index (χ4v) is 5.17. The molecule has 0 atom stereocenters. The molecule has 140 valence electrons. The number of hydrogen-bond donors (Lipinski definition) is 0. The summed E-state index contributed by atoms with van der Waals surface area (Å²) in [5.41, 5.74) is 1.03. The molecule has 27 heavy (non-hydrogen) atoms. The second-order valence-corrected chi connectivity index (χ2v) is 8.69. The second-order valence-electron chi connectivity index (χ2n) is 6.78. The average Bonchev–Trinajstić information content (AvgIpc) is 2.70. The van der Waals surface area contributed by atoms with E-state index in [9.17, 15) is 12.8 Å². The number of rotatable bonds is 4. The van der Waals surface area contributed by atoms with Gasteiger partial charge in [-0.1, -0.05) is 48.5 Å². The van der Waals surface area contributed by atoms with Gasteiger partial charge in [0.15, 0.2) is 0 Å². The highest BCUT2D eigenvalue weighted by Crippen LogP contribution is 2.26. The van der Waals surface area contributed by atoms with Gasteiger partial charge in [-0.2, -0.15) is 4.31 Å². The SMILES string of the molecule is O=S(=O)(c1cccc2ccccc12)N1CCN(Cc2ccc(F)cc2)CC1. The highest BCUT2D eigenvalue weighted by molar-refractivity contribution is 7.89. The van der Waals surface area contributed by atoms with Crippen LogP contribution >= 0.6 is 0 Å². The van der Waals surface area contributed by atoms with Crippen LogP contribution in [-0.4, -0.2) is 43.8 Å². The first-order chi connectivity index (χ1) is 13.0. The molecule has 0 unspecified atom stereocenters. The Hall–Kier alpha value is -2.28. The third kappa shape index (κ3) is 3.74. The van der Waals surface area contributed by atoms with Crippen molar-refractivity contribution in [3.63, 3.8) is 0 Å². The summed E-state index contributed by atoms with van der Waals surface area (Å²) < 4.78 is 40.9. The van der Waals surface area contributed by atoms with Gasteiger partial charge in [0.1, 0.15) is 5.82 Å². The van der Waals surface area contributed by atoms with E-state index in [1.165, 1.54) is 12.1 Å². The molecule has 3 aromatic carbocycles. The van der Waals surface area contributed by atoms with Gasteiger partial charge in [0.2, 0.25) is 10.0 Å². The molecule has 1 heterocycles. The van der Waals surface area contributed by atoms with Crippen molar-refractivity contribution in [3.05, 3.63) is 78.1 Å². The summed E-state index contributed by atoms with van der Waals surface area (Å²) in [6.07, 6.45) is 0. The Bertz CT molecular complexity index is 1040. The van der Waals surface area contributed by atoms with Crippen molar-refractivity contribution in [2.75, 3.05) is 26.2 Å². The molecule has 0 radical (unpaired) electrons. The van der Waals surface area contributed by atoms with Crippen molar-refractivity contribution < 1.29 is 12.8 Å². The standard InChI is InChI=1S/C21H21FN2O2S/c22-19-10-8-17(9-11-19)16-23-12-14-24(15-13-23)27(25,26)21-7-3-5-18-4-1-2-6-20(18)21/h1-11H,12-16H2. The molecular formula is C21H21FN2O2S. The van der Waals surface area contributed by atoms with Gasteiger partial charge < -0.3 is 0 Å². The number of fused-ring (bicyclic) bond motifs is 1. The first-order valence-electron chi connectivity index (χ1n) is 8.99. The molecule has 1 aliphatic heterocycles. The number of benzene rings is 3. The zero-order chi connectivity index (χ0) is 18.9. The summed E-state index contributed by atoms with van der Waals surface area (Å²) >= 11 is 0. The first kappa shape index (κ1) is 18.1. The van der Waals surface area contributed by atoms with Crippen molar-refractivity contribution in [2.24, 2.45) is 0 Å². The van der Waals surface area contributed by atoms with Crippen LogP contribution in [0.2, 0.25) is 0 Å². The molecule has 1 aliphatic rings. The van der Waals surface area contributed by atoms with Crippen LogP contribution < -0.4 is 0 Å². The zero-order valence-electron chi connectivity index (χ0n) is 14.9. The molecule has 0 aromatic heterocycles. The lowest BCUT2D eigenvalue weighted by atomic mass is 10.1. The van der Waals surface area contributed by atoms with E-state index in [1.54, 1.807) is 28.6 Å². The van der Waals surface area contributed by atoms with Gasteiger partial charge >= 0.3 is 0 Å². The van der Waals surface area contributed by atoms with Crippen LogP contribution in [0.3, 0.4) is 0 Å². The fourth-order valence-electron chi connectivity index (χ4n) is 3.54. The minimum absolute atomic E-state index is 0.246. The Kier molecular flexibility index (Phi) is 4.95. The van der Waals surface area contributed by atoms with E-state index in [1.807, 2.05) is 30.3 Å². The normalized spacial score (nSPS) is 16.6. The third-order valence-corrected chi connectivity index (χ3v) is 6.97. The maximum atomic E-state index is 13.2. The summed E-state index contributed by atoms with van der Waals surface area (Å²) in [7, 11) is -3.53. The fraction of sp³-hybridized carbons (Fsp3) is 0.238. The second kappa shape index (κ2) is 7.38. The van der Waals surface area contributed by atoms with Gasteiger partial charge in [0.25, 0.3) is 0 Å². The number of sulfonamides is 1. The molecule has 4 nitrogen and oxygen atoms in total. The quantitative estimate of drug-likeness (QED) is 0.691. The Morgan fingerprint density at radius 2 is 1.48 bits per heavy atom. The van der Waals surface area contributed by atoms with Gasteiger partial charge in [-0.15, -0.1) is 0 Å². The molecule has 0 N–H and O–H groups in total. The number of hydrogen-bond acceptors (Lipinski definition) is 3. The van der Waals surface area contributed by atoms with E-state index in [0.717, 1.165) is 16.3 Å². The lowest BCUT2D eigenvalue weighted by Crippen LogP contribution is -2.48. The van der Waals surface area contributed by atoms with Crippen molar-refractivity contribution in [1.82, 2.24) is 9.21 Å². The monoisotopic (exact) mass is 384 g/mol. The minimum atomic E-state index is -3.53. The molecule has 1 fully saturated rings. The van der Waals surface area contributed by atoms with Crippen molar-refractivity contribution in [1.29, 1.82) is 0 Å². The van der Waals surface area contributed by atoms with Gasteiger partial charge in [-0.25, -0.2) is 12.8 Å². The molecule has 0 aliphatic carbocycles. The molecule has 0 bridgehead atoms. The van der Waals surface area contributed by atoms with E-state index >= 15 is 0 Å². The Labute approximate surface area is 158 Å². The molecule has 3 aromatic rings. The van der Waals surface area contributed by atoms with Gasteiger partial charge in [0.05, 0.1) is 4.90 Å². The molecule has 1 saturated heterocycles. The summed E-state index contributed by atoms with van der Waals surface area (Å²) in [4.78, 5) is 2.56. The number of nitrogens with zero attached hydrogens (tertiary/aromatic N) is 2. The van der Waals surface area contributed by atoms with Crippen LogP contribution in [0.25, 0.3) is 10.8 Å². The van der Waals surface area contributed by atoms with E-state index in [2.05, 4.69) is 4.90 Å². The minimum Gasteiger partial charge on any atom is -0.296 e. The predicted octanol–water partition coefficient (Wildman–Crippen LogP) is 3.49. The Morgan fingerprint density at radius 3 is 2.22 bits per heavy atom. The Morgan fingerprint density at radius 1 is 0.815 bits per heavy atom. The van der Waals surface area contributed by atoms with Gasteiger partial charge in [-0.05, 0) is 29.1 Å². The van der Waals surface area contributed by atoms with Crippen LogP contribution in [-0.2, 0) is 16.6 Å². The maximum Gasteiger partial charge on any atom is 0.243 e. The lowest BCUT2D eigenvalue weighted by Gasteiger charge is -2.34. The van der Waals surface area contributed by atoms with E-state index in [4.69, 9.17) is 0 Å². The zero-order valence-corrected chi connectivity index (χ0v) is 15.7. The molecule has 0 spiro atoms. The lowest BCUT2D eigenvalue weighted by molar-refractivity contribution is 0.181. The van der Waals surface area contributed by atoms with Gasteiger partial charge in [-0.3, -0.25) is 4.90 Å². The largest absolute Gasteiger partial charge is 0.296 e. The Balaban J connectivity index is 1.49. The van der Waals surface area contributed by atoms with Crippen LogP contribution in [0, 0.1) is 5.82 Å². The van der Waals surface area contributed by atoms with Crippen molar-refractivity contribution in [2.45, 2.75) is 11.4 Å². The maximum absolute atomic E-state index is 13.2. The summed E-state index contributed by atoms with van der Waals surface area (Å²) in [5, 5.41) is 1.68. The van der Waals surface area contributed by atoms with Crippen LogP contribution in [0.4, 0.5) is 4.39 Å². The molecule has 0 saturated carbocycles. The molecule has 4 rings (SSSR count). The average molecular weight is 384 g/mol. The summed E-state index contributed by atoms with van der Waals surface area (Å²) in [6, 6.07) is 19.4. The smallest absolute Gasteiger partial charge is 0.243 e. The molecule has 0 amide bonds. The van der Waals surface area contributed by atoms with Crippen molar-refractivity contribution in [3.8, 4) is 0 Å². The predicted molar refractivity (Wildman–Crippen MR) is 104 cm³/mol. The topological polar surface area (TPSA) is 40.6 Å². The highest BCUT2D eigenvalue weighted by atomic mass is 32.2. The number of piperazine rings is 1. The van der Waals surface area contributed by atoms with Crippen LogP contribution in [0.15, 0.2) is 71.6 Å². The van der Waals surface area contributed by atoms with E-state index in [0.29, 0.717) is 37.6 Å². The third-order valence-electron chi connectivity index (χ3n) is 5.02. The summed E-state index contributed by atoms with van der Waals surface area (Å²) in [6.45, 7) is 2.91. The van der Waals surface area contributed by atoms with Crippen LogP contribution in [0.5, 0.6) is 0 Å². The highest BCUT2D eigenvalue weighted by Gasteiger charge is 2.29. The molecule has 6 heteroatoms. The van der Waals surface area contributed by atoms with Crippen molar-refractivity contribution >= 4 is 20.8 Å². The van der Waals surface area contributed by atoms with E-state index in [-0.39, 0.29) is 5.82 Å². The first-order valence-corrected chi connectivity index (χ1v) is 10.4. The van der Waals surface area contributed by atoms with Gasteiger partial charge in [0, 0.05) is 38.1 Å². The van der Waals surface area contributed by atoms with E-state index < -0.39 is 10.0 Å². The van der Waals surface area contributed by atoms with Crippen LogP contribution in [0.1, 0.15) is 5.56 Å². The number of halogens is 1. The molecular weight excluding hydrogens is 363 g/mol.